The van der Waals surface area contributed by atoms with E-state index in [0.29, 0.717) is 10.5 Å². The van der Waals surface area contributed by atoms with Crippen LogP contribution in [0.3, 0.4) is 0 Å². The second kappa shape index (κ2) is 5.78. The lowest BCUT2D eigenvalue weighted by molar-refractivity contribution is -0.186. The lowest BCUT2D eigenvalue weighted by atomic mass is 9.96. The van der Waals surface area contributed by atoms with Crippen molar-refractivity contribution in [3.63, 3.8) is 0 Å². The van der Waals surface area contributed by atoms with Gasteiger partial charge < -0.3 is 10.0 Å². The van der Waals surface area contributed by atoms with Gasteiger partial charge >= 0.3 is 18.1 Å². The van der Waals surface area contributed by atoms with Gasteiger partial charge in [0.1, 0.15) is 5.82 Å². The minimum atomic E-state index is -4.96. The van der Waals surface area contributed by atoms with E-state index >= 15 is 0 Å². The highest BCUT2D eigenvalue weighted by Crippen LogP contribution is 2.27. The van der Waals surface area contributed by atoms with Gasteiger partial charge in [0.05, 0.1) is 0 Å². The predicted molar refractivity (Wildman–Crippen MR) is 68.2 cm³/mol. The molecule has 0 unspecified atom stereocenters. The van der Waals surface area contributed by atoms with E-state index in [2.05, 4.69) is 0 Å². The Bertz CT molecular complexity index is 652. The fourth-order valence-electron chi connectivity index (χ4n) is 2.24. The van der Waals surface area contributed by atoms with Crippen LogP contribution < -0.4 is 0 Å². The van der Waals surface area contributed by atoms with Gasteiger partial charge in [0, 0.05) is 24.7 Å². The largest absolute Gasteiger partial charge is 0.478 e. The molecule has 1 heterocycles. The second-order valence-electron chi connectivity index (χ2n) is 4.79. The smallest absolute Gasteiger partial charge is 0.471 e. The number of fused-ring (bicyclic) bond motifs is 1. The number of hydrogen-bond donors (Lipinski definition) is 1. The van der Waals surface area contributed by atoms with Crippen LogP contribution in [0.4, 0.5) is 17.6 Å². The monoisotopic (exact) mass is 317 g/mol. The molecule has 0 atom stereocenters. The van der Waals surface area contributed by atoms with Gasteiger partial charge in [-0.3, -0.25) is 4.79 Å². The summed E-state index contributed by atoms with van der Waals surface area (Å²) in [5, 5.41) is 8.52. The Morgan fingerprint density at radius 2 is 1.91 bits per heavy atom. The summed E-state index contributed by atoms with van der Waals surface area (Å²) in [4.78, 5) is 22.2. The van der Waals surface area contributed by atoms with Crippen molar-refractivity contribution in [3.05, 3.63) is 40.7 Å². The Balaban J connectivity index is 2.26. The van der Waals surface area contributed by atoms with Crippen LogP contribution in [0.2, 0.25) is 0 Å². The van der Waals surface area contributed by atoms with Crippen molar-refractivity contribution >= 4 is 18.0 Å². The number of benzene rings is 1. The van der Waals surface area contributed by atoms with E-state index < -0.39 is 23.9 Å². The molecule has 0 aromatic heterocycles. The molecule has 1 N–H and O–H groups in total. The van der Waals surface area contributed by atoms with E-state index in [4.69, 9.17) is 5.11 Å². The van der Waals surface area contributed by atoms with Crippen molar-refractivity contribution in [2.75, 3.05) is 6.54 Å². The topological polar surface area (TPSA) is 57.6 Å². The first-order chi connectivity index (χ1) is 10.2. The third kappa shape index (κ3) is 3.44. The van der Waals surface area contributed by atoms with E-state index in [-0.39, 0.29) is 30.6 Å². The van der Waals surface area contributed by atoms with Gasteiger partial charge in [-0.15, -0.1) is 0 Å². The highest BCUT2D eigenvalue weighted by atomic mass is 19.4. The fraction of sp³-hybridized carbons (Fsp3) is 0.286. The summed E-state index contributed by atoms with van der Waals surface area (Å²) < 4.78 is 51.0. The summed E-state index contributed by atoms with van der Waals surface area (Å²) >= 11 is 0. The maximum absolute atomic E-state index is 13.8. The predicted octanol–water partition coefficient (Wildman–Crippen LogP) is 2.37. The van der Waals surface area contributed by atoms with Gasteiger partial charge in [-0.05, 0) is 35.8 Å². The Kier molecular flexibility index (Phi) is 4.20. The van der Waals surface area contributed by atoms with Crippen LogP contribution in [0, 0.1) is 5.82 Å². The molecule has 0 aliphatic carbocycles. The second-order valence-corrected chi connectivity index (χ2v) is 4.79. The molecule has 1 aromatic carbocycles. The van der Waals surface area contributed by atoms with Crippen LogP contribution in [-0.2, 0) is 22.6 Å². The molecule has 8 heteroatoms. The van der Waals surface area contributed by atoms with E-state index in [1.54, 1.807) is 0 Å². The lowest BCUT2D eigenvalue weighted by Gasteiger charge is -2.29. The molecular formula is C14H11F4NO3. The highest BCUT2D eigenvalue weighted by Gasteiger charge is 2.43. The first kappa shape index (κ1) is 16.0. The molecule has 1 aliphatic rings. The molecule has 1 aliphatic heterocycles. The zero-order valence-electron chi connectivity index (χ0n) is 11.2. The molecule has 4 nitrogen and oxygen atoms in total. The number of halogens is 4. The first-order valence-electron chi connectivity index (χ1n) is 6.27. The average molecular weight is 317 g/mol. The molecule has 1 aromatic rings. The number of alkyl halides is 3. The Hall–Kier alpha value is -2.38. The minimum absolute atomic E-state index is 0.0387. The molecule has 0 bridgehead atoms. The van der Waals surface area contributed by atoms with Crippen LogP contribution >= 0.6 is 0 Å². The maximum atomic E-state index is 13.8. The molecule has 22 heavy (non-hydrogen) atoms. The lowest BCUT2D eigenvalue weighted by Crippen LogP contribution is -2.43. The van der Waals surface area contributed by atoms with Crippen LogP contribution in [-0.4, -0.2) is 34.6 Å². The van der Waals surface area contributed by atoms with Crippen molar-refractivity contribution in [3.8, 4) is 0 Å². The molecule has 0 fully saturated rings. The van der Waals surface area contributed by atoms with Crippen LogP contribution in [0.1, 0.15) is 16.7 Å². The Labute approximate surface area is 122 Å². The molecule has 0 spiro atoms. The average Bonchev–Trinajstić information content (AvgIpc) is 2.42. The number of aliphatic carboxylic acids is 1. The molecule has 118 valence electrons. The SMILES string of the molecule is O=C(O)C=Cc1cc2c(cc1F)CN(C(=O)C(F)(F)F)CC2. The molecular weight excluding hydrogens is 306 g/mol. The number of carbonyl (C=O) groups is 2. The van der Waals surface area contributed by atoms with Crippen molar-refractivity contribution in [2.24, 2.45) is 0 Å². The zero-order valence-corrected chi connectivity index (χ0v) is 11.2. The molecule has 0 radical (unpaired) electrons. The number of carbonyl (C=O) groups excluding carboxylic acids is 1. The number of amides is 1. The van der Waals surface area contributed by atoms with Gasteiger partial charge in [0.2, 0.25) is 0 Å². The third-order valence-electron chi connectivity index (χ3n) is 3.27. The molecule has 2 rings (SSSR count). The van der Waals surface area contributed by atoms with Crippen LogP contribution in [0.15, 0.2) is 18.2 Å². The summed E-state index contributed by atoms with van der Waals surface area (Å²) in [5.41, 5.74) is 0.920. The number of carboxylic acids is 1. The van der Waals surface area contributed by atoms with Gasteiger partial charge in [-0.25, -0.2) is 9.18 Å². The van der Waals surface area contributed by atoms with Crippen molar-refractivity contribution in [1.29, 1.82) is 0 Å². The first-order valence-corrected chi connectivity index (χ1v) is 6.27. The van der Waals surface area contributed by atoms with Crippen molar-refractivity contribution < 1.29 is 32.3 Å². The Morgan fingerprint density at radius 1 is 1.23 bits per heavy atom. The minimum Gasteiger partial charge on any atom is -0.478 e. The zero-order chi connectivity index (χ0) is 16.5. The summed E-state index contributed by atoms with van der Waals surface area (Å²) in [6.45, 7) is -0.452. The molecule has 0 saturated heterocycles. The van der Waals surface area contributed by atoms with Crippen LogP contribution in [0.5, 0.6) is 0 Å². The van der Waals surface area contributed by atoms with E-state index in [1.807, 2.05) is 0 Å². The number of hydrogen-bond acceptors (Lipinski definition) is 2. The summed E-state index contributed by atoms with van der Waals surface area (Å²) in [5.74, 6) is -3.94. The van der Waals surface area contributed by atoms with E-state index in [9.17, 15) is 27.2 Å². The number of carboxylic acid groups (broad SMARTS) is 1. The summed E-state index contributed by atoms with van der Waals surface area (Å²) in [6.07, 6.45) is -2.97. The van der Waals surface area contributed by atoms with Crippen LogP contribution in [0.25, 0.3) is 6.08 Å². The quantitative estimate of drug-likeness (QED) is 0.673. The van der Waals surface area contributed by atoms with Gasteiger partial charge in [0.15, 0.2) is 0 Å². The highest BCUT2D eigenvalue weighted by molar-refractivity contribution is 5.85. The van der Waals surface area contributed by atoms with Gasteiger partial charge in [0.25, 0.3) is 0 Å². The maximum Gasteiger partial charge on any atom is 0.471 e. The summed E-state index contributed by atoms with van der Waals surface area (Å²) in [7, 11) is 0. The van der Waals surface area contributed by atoms with E-state index in [0.717, 1.165) is 18.2 Å². The summed E-state index contributed by atoms with van der Waals surface area (Å²) in [6, 6.07) is 2.42. The van der Waals surface area contributed by atoms with Gasteiger partial charge in [-0.2, -0.15) is 13.2 Å². The standard InChI is InChI=1S/C14H11F4NO3/c15-11-6-10-7-19(13(22)14(16,17)18)4-3-8(10)5-9(11)1-2-12(20)21/h1-2,5-6H,3-4,7H2,(H,20,21). The van der Waals surface area contributed by atoms with E-state index in [1.165, 1.54) is 6.07 Å². The number of rotatable bonds is 2. The molecule has 1 amide bonds. The van der Waals surface area contributed by atoms with Crippen molar-refractivity contribution in [1.82, 2.24) is 4.90 Å². The van der Waals surface area contributed by atoms with Crippen molar-refractivity contribution in [2.45, 2.75) is 19.1 Å². The number of nitrogens with zero attached hydrogens (tertiary/aromatic N) is 1. The normalized spacial score (nSPS) is 15.0. The Morgan fingerprint density at radius 3 is 2.50 bits per heavy atom. The van der Waals surface area contributed by atoms with Gasteiger partial charge in [-0.1, -0.05) is 0 Å². The molecule has 0 saturated carbocycles. The third-order valence-corrected chi connectivity index (χ3v) is 3.27. The fourth-order valence-corrected chi connectivity index (χ4v) is 2.24.